The van der Waals surface area contributed by atoms with Crippen LogP contribution in [0.3, 0.4) is 0 Å². The van der Waals surface area contributed by atoms with Gasteiger partial charge in [0.1, 0.15) is 0 Å². The summed E-state index contributed by atoms with van der Waals surface area (Å²) in [7, 11) is 0. The normalized spacial score (nSPS) is 11.2. The Morgan fingerprint density at radius 3 is 2.05 bits per heavy atom. The van der Waals surface area contributed by atoms with Gasteiger partial charge in [0, 0.05) is 25.2 Å². The van der Waals surface area contributed by atoms with E-state index >= 15 is 0 Å². The van der Waals surface area contributed by atoms with Gasteiger partial charge in [0.25, 0.3) is 0 Å². The zero-order valence-corrected chi connectivity index (χ0v) is 13.6. The zero-order valence-electron chi connectivity index (χ0n) is 13.6. The summed E-state index contributed by atoms with van der Waals surface area (Å²) >= 11 is 0. The molecule has 1 aromatic rings. The molecule has 0 unspecified atom stereocenters. The molecular formula is C17H29N2O+. The Bertz CT molecular complexity index is 400. The fourth-order valence-corrected chi connectivity index (χ4v) is 2.22. The Kier molecular flexibility index (Phi) is 6.69. The second kappa shape index (κ2) is 8.03. The van der Waals surface area contributed by atoms with Crippen LogP contribution in [0.25, 0.3) is 0 Å². The molecule has 112 valence electrons. The van der Waals surface area contributed by atoms with E-state index in [1.54, 1.807) is 0 Å². The Morgan fingerprint density at radius 1 is 1.10 bits per heavy atom. The third-order valence-electron chi connectivity index (χ3n) is 3.17. The van der Waals surface area contributed by atoms with Gasteiger partial charge < -0.3 is 4.90 Å². The van der Waals surface area contributed by atoms with Gasteiger partial charge in [-0.15, -0.1) is 0 Å². The number of carbonyl (C=O) groups is 1. The summed E-state index contributed by atoms with van der Waals surface area (Å²) in [5.74, 6) is 1.30. The average molecular weight is 277 g/mol. The van der Waals surface area contributed by atoms with E-state index in [1.807, 2.05) is 17.3 Å². The molecule has 1 amide bonds. The van der Waals surface area contributed by atoms with Gasteiger partial charge in [0.05, 0.1) is 6.42 Å². The summed E-state index contributed by atoms with van der Waals surface area (Å²) in [6.45, 7) is 13.2. The van der Waals surface area contributed by atoms with E-state index in [4.69, 9.17) is 0 Å². The Labute approximate surface area is 123 Å². The molecule has 0 bridgehead atoms. The minimum Gasteiger partial charge on any atom is -0.342 e. The fraction of sp³-hybridized carbons (Fsp3) is 0.647. The lowest BCUT2D eigenvalue weighted by Gasteiger charge is -2.26. The maximum atomic E-state index is 12.4. The van der Waals surface area contributed by atoms with Crippen LogP contribution in [-0.4, -0.2) is 23.9 Å². The maximum Gasteiger partial charge on any atom is 0.228 e. The standard InChI is InChI=1S/C17H29N2O/c1-14(2)12-19(13-15(3)4)17(20)8-11-18-9-6-16(5)7-10-18/h6-7,9-10,14-15H,8,11-13H2,1-5H3/q+1. The number of nitrogens with zero attached hydrogens (tertiary/aromatic N) is 2. The number of aryl methyl sites for hydroxylation is 2. The molecule has 0 aliphatic heterocycles. The largest absolute Gasteiger partial charge is 0.342 e. The van der Waals surface area contributed by atoms with Crippen LogP contribution in [0.1, 0.15) is 39.7 Å². The van der Waals surface area contributed by atoms with Crippen molar-refractivity contribution in [1.29, 1.82) is 0 Å². The molecule has 0 aliphatic rings. The number of rotatable bonds is 7. The SMILES string of the molecule is Cc1cc[n+](CCC(=O)N(CC(C)C)CC(C)C)cc1. The molecule has 1 rings (SSSR count). The third kappa shape index (κ3) is 6.18. The van der Waals surface area contributed by atoms with Gasteiger partial charge in [-0.2, -0.15) is 0 Å². The quantitative estimate of drug-likeness (QED) is 0.703. The first kappa shape index (κ1) is 16.7. The topological polar surface area (TPSA) is 24.2 Å². The Morgan fingerprint density at radius 2 is 1.60 bits per heavy atom. The molecule has 0 radical (unpaired) electrons. The van der Waals surface area contributed by atoms with Crippen molar-refractivity contribution in [3.63, 3.8) is 0 Å². The monoisotopic (exact) mass is 277 g/mol. The number of hydrogen-bond donors (Lipinski definition) is 0. The van der Waals surface area contributed by atoms with E-state index in [0.29, 0.717) is 18.3 Å². The molecule has 3 nitrogen and oxygen atoms in total. The average Bonchev–Trinajstić information content (AvgIpc) is 2.36. The van der Waals surface area contributed by atoms with Crippen LogP contribution >= 0.6 is 0 Å². The second-order valence-electron chi connectivity index (χ2n) is 6.45. The molecule has 0 saturated heterocycles. The second-order valence-corrected chi connectivity index (χ2v) is 6.45. The molecule has 0 N–H and O–H groups in total. The molecule has 0 saturated carbocycles. The van der Waals surface area contributed by atoms with Crippen molar-refractivity contribution in [1.82, 2.24) is 4.90 Å². The Hall–Kier alpha value is -1.38. The van der Waals surface area contributed by atoms with Crippen LogP contribution in [-0.2, 0) is 11.3 Å². The first-order chi connectivity index (χ1) is 9.38. The van der Waals surface area contributed by atoms with E-state index in [0.717, 1.165) is 19.6 Å². The predicted molar refractivity (Wildman–Crippen MR) is 82.2 cm³/mol. The van der Waals surface area contributed by atoms with Crippen LogP contribution in [0, 0.1) is 18.8 Å². The first-order valence-corrected chi connectivity index (χ1v) is 7.62. The summed E-state index contributed by atoms with van der Waals surface area (Å²) in [5, 5.41) is 0. The van der Waals surface area contributed by atoms with E-state index in [2.05, 4.69) is 51.3 Å². The third-order valence-corrected chi connectivity index (χ3v) is 3.17. The van der Waals surface area contributed by atoms with Gasteiger partial charge in [-0.1, -0.05) is 27.7 Å². The van der Waals surface area contributed by atoms with Crippen molar-refractivity contribution in [3.8, 4) is 0 Å². The first-order valence-electron chi connectivity index (χ1n) is 7.62. The molecule has 0 fully saturated rings. The van der Waals surface area contributed by atoms with Crippen LogP contribution in [0.2, 0.25) is 0 Å². The highest BCUT2D eigenvalue weighted by Crippen LogP contribution is 2.06. The summed E-state index contributed by atoms with van der Waals surface area (Å²) in [6, 6.07) is 4.15. The van der Waals surface area contributed by atoms with Gasteiger partial charge in [0.2, 0.25) is 5.91 Å². The molecule has 3 heteroatoms. The highest BCUT2D eigenvalue weighted by atomic mass is 16.2. The number of carbonyl (C=O) groups excluding carboxylic acids is 1. The summed E-state index contributed by atoms with van der Waals surface area (Å²) in [5.41, 5.74) is 1.24. The van der Waals surface area contributed by atoms with Crippen molar-refractivity contribution in [2.24, 2.45) is 11.8 Å². The van der Waals surface area contributed by atoms with E-state index in [-0.39, 0.29) is 5.91 Å². The van der Waals surface area contributed by atoms with Gasteiger partial charge >= 0.3 is 0 Å². The zero-order chi connectivity index (χ0) is 15.1. The van der Waals surface area contributed by atoms with Crippen molar-refractivity contribution in [3.05, 3.63) is 30.1 Å². The van der Waals surface area contributed by atoms with Crippen molar-refractivity contribution in [2.75, 3.05) is 13.1 Å². The predicted octanol–water partition coefficient (Wildman–Crippen LogP) is 2.81. The highest BCUT2D eigenvalue weighted by Gasteiger charge is 2.17. The summed E-state index contributed by atoms with van der Waals surface area (Å²) < 4.78 is 2.08. The molecule has 20 heavy (non-hydrogen) atoms. The molecule has 0 aliphatic carbocycles. The van der Waals surface area contributed by atoms with Crippen LogP contribution in [0.5, 0.6) is 0 Å². The van der Waals surface area contributed by atoms with E-state index < -0.39 is 0 Å². The number of amides is 1. The minimum absolute atomic E-state index is 0.264. The van der Waals surface area contributed by atoms with Gasteiger partial charge in [-0.25, -0.2) is 4.57 Å². The lowest BCUT2D eigenvalue weighted by Crippen LogP contribution is -2.40. The molecule has 0 aromatic carbocycles. The minimum atomic E-state index is 0.264. The van der Waals surface area contributed by atoms with Crippen molar-refractivity contribution < 1.29 is 9.36 Å². The van der Waals surface area contributed by atoms with Gasteiger partial charge in [0.15, 0.2) is 18.9 Å². The summed E-state index contributed by atoms with van der Waals surface area (Å²) in [4.78, 5) is 14.4. The molecule has 0 atom stereocenters. The molecular weight excluding hydrogens is 248 g/mol. The van der Waals surface area contributed by atoms with Crippen LogP contribution < -0.4 is 4.57 Å². The Balaban J connectivity index is 2.54. The van der Waals surface area contributed by atoms with Gasteiger partial charge in [-0.3, -0.25) is 4.79 Å². The highest BCUT2D eigenvalue weighted by molar-refractivity contribution is 5.75. The van der Waals surface area contributed by atoms with Crippen LogP contribution in [0.15, 0.2) is 24.5 Å². The van der Waals surface area contributed by atoms with Crippen molar-refractivity contribution in [2.45, 2.75) is 47.6 Å². The molecule has 1 aromatic heterocycles. The van der Waals surface area contributed by atoms with E-state index in [9.17, 15) is 4.79 Å². The van der Waals surface area contributed by atoms with Crippen molar-refractivity contribution >= 4 is 5.91 Å². The van der Waals surface area contributed by atoms with Crippen LogP contribution in [0.4, 0.5) is 0 Å². The number of pyridine rings is 1. The number of aromatic nitrogens is 1. The van der Waals surface area contributed by atoms with E-state index in [1.165, 1.54) is 5.56 Å². The maximum absolute atomic E-state index is 12.4. The summed E-state index contributed by atoms with van der Waals surface area (Å²) in [6.07, 6.45) is 4.66. The lowest BCUT2D eigenvalue weighted by molar-refractivity contribution is -0.696. The number of hydrogen-bond acceptors (Lipinski definition) is 1. The van der Waals surface area contributed by atoms with Gasteiger partial charge in [-0.05, 0) is 24.3 Å². The fourth-order valence-electron chi connectivity index (χ4n) is 2.22. The molecule has 1 heterocycles. The lowest BCUT2D eigenvalue weighted by atomic mass is 10.1. The smallest absolute Gasteiger partial charge is 0.228 e. The molecule has 0 spiro atoms.